The summed E-state index contributed by atoms with van der Waals surface area (Å²) in [7, 11) is 0. The molecule has 2 amide bonds. The van der Waals surface area contributed by atoms with Crippen LogP contribution in [-0.2, 0) is 22.6 Å². The van der Waals surface area contributed by atoms with Crippen molar-refractivity contribution in [2.75, 3.05) is 6.54 Å². The van der Waals surface area contributed by atoms with Crippen LogP contribution in [-0.4, -0.2) is 18.4 Å². The van der Waals surface area contributed by atoms with E-state index in [1.807, 2.05) is 0 Å². The molecule has 0 aliphatic heterocycles. The second kappa shape index (κ2) is 7.23. The van der Waals surface area contributed by atoms with Gasteiger partial charge in [0.2, 0.25) is 11.8 Å². The van der Waals surface area contributed by atoms with Gasteiger partial charge in [0.25, 0.3) is 0 Å². The van der Waals surface area contributed by atoms with Gasteiger partial charge in [-0.05, 0) is 29.8 Å². The number of hydrogen-bond acceptors (Lipinski definition) is 3. The van der Waals surface area contributed by atoms with Crippen LogP contribution in [0.3, 0.4) is 0 Å². The molecule has 21 heavy (non-hydrogen) atoms. The molecule has 110 valence electrons. The molecule has 0 spiro atoms. The minimum Gasteiger partial charge on any atom is -0.467 e. The maximum absolute atomic E-state index is 12.7. The molecule has 2 N–H and O–H groups in total. The van der Waals surface area contributed by atoms with Crippen molar-refractivity contribution in [2.45, 2.75) is 13.0 Å². The van der Waals surface area contributed by atoms with Crippen LogP contribution in [0.2, 0.25) is 0 Å². The van der Waals surface area contributed by atoms with Crippen molar-refractivity contribution in [3.05, 3.63) is 59.8 Å². The monoisotopic (exact) mass is 290 g/mol. The smallest absolute Gasteiger partial charge is 0.239 e. The molecule has 0 radical (unpaired) electrons. The lowest BCUT2D eigenvalue weighted by atomic mass is 10.1. The zero-order chi connectivity index (χ0) is 15.1. The number of carbonyl (C=O) groups is 2. The van der Waals surface area contributed by atoms with Crippen LogP contribution in [0.4, 0.5) is 4.39 Å². The maximum Gasteiger partial charge on any atom is 0.239 e. The zero-order valence-electron chi connectivity index (χ0n) is 11.3. The molecule has 0 aliphatic rings. The number of amides is 2. The number of rotatable bonds is 6. The van der Waals surface area contributed by atoms with Gasteiger partial charge in [0.05, 0.1) is 25.8 Å². The topological polar surface area (TPSA) is 71.3 Å². The van der Waals surface area contributed by atoms with Crippen molar-refractivity contribution in [3.63, 3.8) is 0 Å². The summed E-state index contributed by atoms with van der Waals surface area (Å²) in [6.07, 6.45) is 1.62. The average Bonchev–Trinajstić information content (AvgIpc) is 2.99. The Morgan fingerprint density at radius 3 is 2.48 bits per heavy atom. The fourth-order valence-electron chi connectivity index (χ4n) is 1.69. The molecule has 6 heteroatoms. The lowest BCUT2D eigenvalue weighted by Crippen LogP contribution is -2.37. The number of nitrogens with one attached hydrogen (secondary N) is 2. The van der Waals surface area contributed by atoms with E-state index in [0.29, 0.717) is 11.3 Å². The highest BCUT2D eigenvalue weighted by Crippen LogP contribution is 2.03. The van der Waals surface area contributed by atoms with E-state index < -0.39 is 0 Å². The standard InChI is InChI=1S/C15H15FN2O3/c16-12-5-3-11(4-6-12)8-14(19)18-10-15(20)17-9-13-2-1-7-21-13/h1-7H,8-10H2,(H,17,20)(H,18,19). The third kappa shape index (κ3) is 5.10. The quantitative estimate of drug-likeness (QED) is 0.844. The Morgan fingerprint density at radius 2 is 1.81 bits per heavy atom. The van der Waals surface area contributed by atoms with E-state index in [9.17, 15) is 14.0 Å². The highest BCUT2D eigenvalue weighted by Gasteiger charge is 2.07. The van der Waals surface area contributed by atoms with Gasteiger partial charge in [0.15, 0.2) is 0 Å². The predicted octanol–water partition coefficient (Wildman–Crippen LogP) is 1.39. The summed E-state index contributed by atoms with van der Waals surface area (Å²) in [5, 5.41) is 5.12. The Labute approximate surface area is 121 Å². The van der Waals surface area contributed by atoms with E-state index >= 15 is 0 Å². The molecular formula is C15H15FN2O3. The molecule has 0 bridgehead atoms. The number of halogens is 1. The molecular weight excluding hydrogens is 275 g/mol. The normalized spacial score (nSPS) is 10.1. The first-order valence-corrected chi connectivity index (χ1v) is 6.44. The molecule has 2 aromatic rings. The van der Waals surface area contributed by atoms with Gasteiger partial charge in [-0.15, -0.1) is 0 Å². The van der Waals surface area contributed by atoms with E-state index in [0.717, 1.165) is 0 Å². The fourth-order valence-corrected chi connectivity index (χ4v) is 1.69. The molecule has 2 rings (SSSR count). The first-order valence-electron chi connectivity index (χ1n) is 6.44. The van der Waals surface area contributed by atoms with Crippen LogP contribution >= 0.6 is 0 Å². The Morgan fingerprint density at radius 1 is 1.05 bits per heavy atom. The summed E-state index contributed by atoms with van der Waals surface area (Å²) in [6, 6.07) is 9.12. The van der Waals surface area contributed by atoms with Gasteiger partial charge in [-0.1, -0.05) is 12.1 Å². The Hall–Kier alpha value is -2.63. The Bertz CT molecular complexity index is 594. The highest BCUT2D eigenvalue weighted by molar-refractivity contribution is 5.85. The number of hydrogen-bond donors (Lipinski definition) is 2. The fraction of sp³-hybridized carbons (Fsp3) is 0.200. The SMILES string of the molecule is O=C(CNC(=O)Cc1ccc(F)cc1)NCc1ccco1. The zero-order valence-corrected chi connectivity index (χ0v) is 11.3. The lowest BCUT2D eigenvalue weighted by molar-refractivity contribution is -0.125. The van der Waals surface area contributed by atoms with Crippen molar-refractivity contribution >= 4 is 11.8 Å². The third-order valence-electron chi connectivity index (χ3n) is 2.76. The Balaban J connectivity index is 1.68. The molecule has 0 saturated heterocycles. The van der Waals surface area contributed by atoms with Crippen LogP contribution in [0.15, 0.2) is 47.1 Å². The first-order chi connectivity index (χ1) is 10.1. The van der Waals surface area contributed by atoms with Crippen LogP contribution < -0.4 is 10.6 Å². The van der Waals surface area contributed by atoms with Gasteiger partial charge in [-0.3, -0.25) is 9.59 Å². The molecule has 1 aromatic heterocycles. The van der Waals surface area contributed by atoms with Crippen molar-refractivity contribution in [3.8, 4) is 0 Å². The van der Waals surface area contributed by atoms with Crippen molar-refractivity contribution in [2.24, 2.45) is 0 Å². The largest absolute Gasteiger partial charge is 0.467 e. The van der Waals surface area contributed by atoms with Gasteiger partial charge in [-0.2, -0.15) is 0 Å². The summed E-state index contributed by atoms with van der Waals surface area (Å²) >= 11 is 0. The molecule has 0 unspecified atom stereocenters. The van der Waals surface area contributed by atoms with E-state index in [4.69, 9.17) is 4.42 Å². The number of benzene rings is 1. The van der Waals surface area contributed by atoms with E-state index in [-0.39, 0.29) is 37.1 Å². The van der Waals surface area contributed by atoms with E-state index in [2.05, 4.69) is 10.6 Å². The van der Waals surface area contributed by atoms with Gasteiger partial charge < -0.3 is 15.1 Å². The lowest BCUT2D eigenvalue weighted by Gasteiger charge is -2.06. The van der Waals surface area contributed by atoms with Crippen LogP contribution in [0.5, 0.6) is 0 Å². The van der Waals surface area contributed by atoms with Gasteiger partial charge in [-0.25, -0.2) is 4.39 Å². The van der Waals surface area contributed by atoms with Crippen LogP contribution in [0, 0.1) is 5.82 Å². The van der Waals surface area contributed by atoms with Crippen LogP contribution in [0.1, 0.15) is 11.3 Å². The molecule has 5 nitrogen and oxygen atoms in total. The minimum atomic E-state index is -0.350. The van der Waals surface area contributed by atoms with Gasteiger partial charge in [0, 0.05) is 0 Å². The summed E-state index contributed by atoms with van der Waals surface area (Å²) < 4.78 is 17.8. The summed E-state index contributed by atoms with van der Waals surface area (Å²) in [6.45, 7) is 0.167. The predicted molar refractivity (Wildman–Crippen MR) is 73.7 cm³/mol. The Kier molecular flexibility index (Phi) is 5.09. The summed E-state index contributed by atoms with van der Waals surface area (Å²) in [5.41, 5.74) is 0.685. The molecule has 1 heterocycles. The molecule has 0 aliphatic carbocycles. The van der Waals surface area contributed by atoms with E-state index in [1.54, 1.807) is 12.1 Å². The first kappa shape index (κ1) is 14.8. The van der Waals surface area contributed by atoms with Crippen molar-refractivity contribution in [1.29, 1.82) is 0 Å². The summed E-state index contributed by atoms with van der Waals surface area (Å²) in [5.74, 6) is -0.314. The average molecular weight is 290 g/mol. The van der Waals surface area contributed by atoms with Gasteiger partial charge >= 0.3 is 0 Å². The summed E-state index contributed by atoms with van der Waals surface area (Å²) in [4.78, 5) is 23.2. The molecule has 1 aromatic carbocycles. The van der Waals surface area contributed by atoms with Crippen molar-refractivity contribution < 1.29 is 18.4 Å². The second-order valence-corrected chi connectivity index (χ2v) is 4.44. The number of carbonyl (C=O) groups excluding carboxylic acids is 2. The molecule has 0 fully saturated rings. The molecule has 0 atom stereocenters. The van der Waals surface area contributed by atoms with Crippen molar-refractivity contribution in [1.82, 2.24) is 10.6 Å². The van der Waals surface area contributed by atoms with E-state index in [1.165, 1.54) is 30.5 Å². The minimum absolute atomic E-state index is 0.103. The highest BCUT2D eigenvalue weighted by atomic mass is 19.1. The number of furan rings is 1. The van der Waals surface area contributed by atoms with Crippen LogP contribution in [0.25, 0.3) is 0 Å². The third-order valence-corrected chi connectivity index (χ3v) is 2.76. The molecule has 0 saturated carbocycles. The second-order valence-electron chi connectivity index (χ2n) is 4.44. The van der Waals surface area contributed by atoms with Gasteiger partial charge in [0.1, 0.15) is 11.6 Å². The maximum atomic E-state index is 12.7.